The van der Waals surface area contributed by atoms with Gasteiger partial charge in [-0.1, -0.05) is 19.3 Å². The van der Waals surface area contributed by atoms with Gasteiger partial charge in [0, 0.05) is 18.6 Å². The Hall–Kier alpha value is -1.47. The van der Waals surface area contributed by atoms with Crippen molar-refractivity contribution in [1.82, 2.24) is 9.62 Å². The largest absolute Gasteiger partial charge is 0.336 e. The Morgan fingerprint density at radius 3 is 2.48 bits per heavy atom. The van der Waals surface area contributed by atoms with Crippen molar-refractivity contribution in [3.8, 4) is 0 Å². The Bertz CT molecular complexity index is 713. The van der Waals surface area contributed by atoms with Gasteiger partial charge in [-0.25, -0.2) is 17.5 Å². The summed E-state index contributed by atoms with van der Waals surface area (Å²) >= 11 is 0. The second kappa shape index (κ2) is 8.27. The molecule has 0 heterocycles. The fraction of sp³-hybridized carbons (Fsp3) is 0.611. The van der Waals surface area contributed by atoms with Crippen LogP contribution in [0.5, 0.6) is 0 Å². The van der Waals surface area contributed by atoms with Gasteiger partial charge in [0.1, 0.15) is 5.82 Å². The lowest BCUT2D eigenvalue weighted by Gasteiger charge is -2.33. The summed E-state index contributed by atoms with van der Waals surface area (Å²) in [5.41, 5.74) is -0.181. The highest BCUT2D eigenvalue weighted by Gasteiger charge is 2.28. The number of benzene rings is 1. The summed E-state index contributed by atoms with van der Waals surface area (Å²) in [5.74, 6) is -1.13. The lowest BCUT2D eigenvalue weighted by atomic mass is 9.93. The van der Waals surface area contributed by atoms with E-state index in [-0.39, 0.29) is 22.5 Å². The third-order valence-corrected chi connectivity index (χ3v) is 6.14. The van der Waals surface area contributed by atoms with Crippen molar-refractivity contribution in [2.45, 2.75) is 69.9 Å². The summed E-state index contributed by atoms with van der Waals surface area (Å²) in [5, 5.41) is 0. The fourth-order valence-electron chi connectivity index (χ4n) is 3.33. The number of nitrogens with zero attached hydrogens (tertiary/aromatic N) is 1. The third-order valence-electron chi connectivity index (χ3n) is 4.49. The molecule has 0 aromatic heterocycles. The molecule has 140 valence electrons. The maximum absolute atomic E-state index is 14.3. The van der Waals surface area contributed by atoms with Crippen LogP contribution in [0.3, 0.4) is 0 Å². The van der Waals surface area contributed by atoms with E-state index in [2.05, 4.69) is 4.72 Å². The van der Waals surface area contributed by atoms with Crippen LogP contribution in [0.2, 0.25) is 0 Å². The smallest absolute Gasteiger partial charge is 0.257 e. The number of hydrogen-bond acceptors (Lipinski definition) is 3. The molecule has 1 aromatic rings. The SMILES string of the molecule is CCN(C(=O)c1cc(S(=O)(=O)NC(C)C)ccc1F)C1CCCCC1. The molecule has 0 radical (unpaired) electrons. The summed E-state index contributed by atoms with van der Waals surface area (Å²) in [6.45, 7) is 5.75. The Labute approximate surface area is 149 Å². The molecule has 25 heavy (non-hydrogen) atoms. The number of sulfonamides is 1. The maximum Gasteiger partial charge on any atom is 0.257 e. The van der Waals surface area contributed by atoms with E-state index in [1.165, 1.54) is 6.07 Å². The average molecular weight is 370 g/mol. The molecule has 7 heteroatoms. The van der Waals surface area contributed by atoms with Crippen LogP contribution in [0.4, 0.5) is 4.39 Å². The van der Waals surface area contributed by atoms with Gasteiger partial charge in [-0.3, -0.25) is 4.79 Å². The number of halogens is 1. The van der Waals surface area contributed by atoms with Crippen LogP contribution < -0.4 is 4.72 Å². The van der Waals surface area contributed by atoms with Crippen molar-refractivity contribution in [2.24, 2.45) is 0 Å². The molecule has 1 fully saturated rings. The molecule has 1 saturated carbocycles. The number of nitrogens with one attached hydrogen (secondary N) is 1. The van der Waals surface area contributed by atoms with Crippen LogP contribution in [0.25, 0.3) is 0 Å². The Morgan fingerprint density at radius 2 is 1.92 bits per heavy atom. The number of carbonyl (C=O) groups excluding carboxylic acids is 1. The summed E-state index contributed by atoms with van der Waals surface area (Å²) in [6.07, 6.45) is 5.10. The van der Waals surface area contributed by atoms with Crippen molar-refractivity contribution in [3.05, 3.63) is 29.6 Å². The predicted octanol–water partition coefficient (Wildman–Crippen LogP) is 3.31. The Balaban J connectivity index is 2.33. The maximum atomic E-state index is 14.3. The number of carbonyl (C=O) groups is 1. The molecule has 0 unspecified atom stereocenters. The minimum Gasteiger partial charge on any atom is -0.336 e. The summed E-state index contributed by atoms with van der Waals surface area (Å²) < 4.78 is 41.3. The lowest BCUT2D eigenvalue weighted by Crippen LogP contribution is -2.41. The number of amides is 1. The van der Waals surface area contributed by atoms with Gasteiger partial charge in [0.05, 0.1) is 10.5 Å². The van der Waals surface area contributed by atoms with E-state index in [1.54, 1.807) is 18.7 Å². The number of rotatable bonds is 6. The molecular formula is C18H27FN2O3S. The van der Waals surface area contributed by atoms with Gasteiger partial charge in [0.25, 0.3) is 5.91 Å². The molecule has 1 aliphatic rings. The van der Waals surface area contributed by atoms with Crippen LogP contribution in [0, 0.1) is 5.82 Å². The molecule has 0 aliphatic heterocycles. The van der Waals surface area contributed by atoms with Crippen LogP contribution in [0.1, 0.15) is 63.2 Å². The van der Waals surface area contributed by atoms with E-state index in [4.69, 9.17) is 0 Å². The standard InChI is InChI=1S/C18H27FN2O3S/c1-4-21(14-8-6-5-7-9-14)18(22)16-12-15(10-11-17(16)19)25(23,24)20-13(2)3/h10-14,20H,4-9H2,1-3H3. The molecule has 1 aromatic carbocycles. The van der Waals surface area contributed by atoms with E-state index < -0.39 is 21.7 Å². The Kier molecular flexibility index (Phi) is 6.57. The highest BCUT2D eigenvalue weighted by molar-refractivity contribution is 7.89. The van der Waals surface area contributed by atoms with Gasteiger partial charge in [0.15, 0.2) is 0 Å². The predicted molar refractivity (Wildman–Crippen MR) is 95.4 cm³/mol. The van der Waals surface area contributed by atoms with Gasteiger partial charge in [-0.2, -0.15) is 0 Å². The van der Waals surface area contributed by atoms with Crippen molar-refractivity contribution in [2.75, 3.05) is 6.54 Å². The van der Waals surface area contributed by atoms with E-state index in [0.717, 1.165) is 44.2 Å². The van der Waals surface area contributed by atoms with Gasteiger partial charge in [-0.05, 0) is 51.8 Å². The van der Waals surface area contributed by atoms with Crippen LogP contribution in [0.15, 0.2) is 23.1 Å². The topological polar surface area (TPSA) is 66.5 Å². The zero-order valence-electron chi connectivity index (χ0n) is 15.1. The third kappa shape index (κ3) is 4.79. The first-order chi connectivity index (χ1) is 11.8. The lowest BCUT2D eigenvalue weighted by molar-refractivity contribution is 0.0643. The second-order valence-corrected chi connectivity index (χ2v) is 8.51. The van der Waals surface area contributed by atoms with E-state index >= 15 is 0 Å². The minimum absolute atomic E-state index is 0.0920. The van der Waals surface area contributed by atoms with Crippen molar-refractivity contribution >= 4 is 15.9 Å². The van der Waals surface area contributed by atoms with Crippen molar-refractivity contribution < 1.29 is 17.6 Å². The molecule has 1 aliphatic carbocycles. The minimum atomic E-state index is -3.78. The zero-order chi connectivity index (χ0) is 18.6. The first-order valence-electron chi connectivity index (χ1n) is 8.89. The van der Waals surface area contributed by atoms with Crippen LogP contribution in [-0.2, 0) is 10.0 Å². The highest BCUT2D eigenvalue weighted by Crippen LogP contribution is 2.25. The second-order valence-electron chi connectivity index (χ2n) is 6.80. The van der Waals surface area contributed by atoms with Crippen LogP contribution >= 0.6 is 0 Å². The summed E-state index contributed by atoms with van der Waals surface area (Å²) in [6, 6.07) is 3.20. The van der Waals surface area contributed by atoms with Gasteiger partial charge < -0.3 is 4.90 Å². The Morgan fingerprint density at radius 1 is 1.28 bits per heavy atom. The highest BCUT2D eigenvalue weighted by atomic mass is 32.2. The molecule has 5 nitrogen and oxygen atoms in total. The molecule has 0 saturated heterocycles. The van der Waals surface area contributed by atoms with E-state index in [0.29, 0.717) is 6.54 Å². The zero-order valence-corrected chi connectivity index (χ0v) is 15.9. The summed E-state index contributed by atoms with van der Waals surface area (Å²) in [7, 11) is -3.78. The molecule has 2 rings (SSSR count). The van der Waals surface area contributed by atoms with Crippen molar-refractivity contribution in [3.63, 3.8) is 0 Å². The molecule has 1 N–H and O–H groups in total. The first kappa shape index (κ1) is 19.8. The van der Waals surface area contributed by atoms with Gasteiger partial charge in [-0.15, -0.1) is 0 Å². The van der Waals surface area contributed by atoms with Gasteiger partial charge >= 0.3 is 0 Å². The molecular weight excluding hydrogens is 343 g/mol. The van der Waals surface area contributed by atoms with Crippen molar-refractivity contribution in [1.29, 1.82) is 0 Å². The summed E-state index contributed by atoms with van der Waals surface area (Å²) in [4.78, 5) is 14.4. The monoisotopic (exact) mass is 370 g/mol. The molecule has 0 spiro atoms. The molecule has 0 atom stereocenters. The molecule has 0 bridgehead atoms. The van der Waals surface area contributed by atoms with E-state index in [9.17, 15) is 17.6 Å². The molecule has 1 amide bonds. The number of hydrogen-bond donors (Lipinski definition) is 1. The first-order valence-corrected chi connectivity index (χ1v) is 10.4. The van der Waals surface area contributed by atoms with Crippen LogP contribution in [-0.4, -0.2) is 37.9 Å². The van der Waals surface area contributed by atoms with Gasteiger partial charge in [0.2, 0.25) is 10.0 Å². The fourth-order valence-corrected chi connectivity index (χ4v) is 4.61. The average Bonchev–Trinajstić information content (AvgIpc) is 2.55. The normalized spacial score (nSPS) is 16.2. The quantitative estimate of drug-likeness (QED) is 0.835. The van der Waals surface area contributed by atoms with E-state index in [1.807, 2.05) is 6.92 Å².